The average Bonchev–Trinajstić information content (AvgIpc) is 2.78. The van der Waals surface area contributed by atoms with Gasteiger partial charge in [0.1, 0.15) is 6.29 Å². The molecule has 0 N–H and O–H groups in total. The first-order valence-electron chi connectivity index (χ1n) is 5.60. The minimum Gasteiger partial charge on any atom is -0.347 e. The summed E-state index contributed by atoms with van der Waals surface area (Å²) in [6.45, 7) is 1.17. The van der Waals surface area contributed by atoms with Gasteiger partial charge in [0.2, 0.25) is 0 Å². The molecule has 1 aromatic rings. The number of hydrogen-bond donors (Lipinski definition) is 0. The fraction of sp³-hybridized carbons (Fsp3) is 0.462. The van der Waals surface area contributed by atoms with Gasteiger partial charge in [-0.05, 0) is 12.0 Å². The lowest BCUT2D eigenvalue weighted by molar-refractivity contribution is -0.167. The number of hydrogen-bond acceptors (Lipinski definition) is 3. The highest BCUT2D eigenvalue weighted by atomic mass is 16.7. The fourth-order valence-electron chi connectivity index (χ4n) is 1.97. The molecule has 0 amide bonds. The summed E-state index contributed by atoms with van der Waals surface area (Å²) in [5, 5.41) is 0. The zero-order chi connectivity index (χ0) is 11.3. The van der Waals surface area contributed by atoms with Crippen molar-refractivity contribution in [1.82, 2.24) is 0 Å². The molecular formula is C13H16O3. The predicted octanol–water partition coefficient (Wildman–Crippen LogP) is 1.95. The van der Waals surface area contributed by atoms with Crippen LogP contribution in [0.1, 0.15) is 18.4 Å². The van der Waals surface area contributed by atoms with Crippen molar-refractivity contribution in [3.63, 3.8) is 0 Å². The largest absolute Gasteiger partial charge is 0.347 e. The van der Waals surface area contributed by atoms with Crippen molar-refractivity contribution >= 4 is 6.29 Å². The van der Waals surface area contributed by atoms with Crippen molar-refractivity contribution in [2.75, 3.05) is 13.2 Å². The van der Waals surface area contributed by atoms with Crippen molar-refractivity contribution in [2.45, 2.75) is 25.0 Å². The first kappa shape index (κ1) is 11.3. The number of benzene rings is 1. The lowest BCUT2D eigenvalue weighted by Crippen LogP contribution is -2.31. The summed E-state index contributed by atoms with van der Waals surface area (Å²) in [5.41, 5.74) is 1.24. The maximum atomic E-state index is 10.6. The van der Waals surface area contributed by atoms with Crippen LogP contribution in [0.15, 0.2) is 30.3 Å². The summed E-state index contributed by atoms with van der Waals surface area (Å²) in [5.74, 6) is -0.669. The Morgan fingerprint density at radius 3 is 2.50 bits per heavy atom. The Bertz CT molecular complexity index is 328. The molecule has 16 heavy (non-hydrogen) atoms. The van der Waals surface area contributed by atoms with E-state index in [4.69, 9.17) is 9.47 Å². The van der Waals surface area contributed by atoms with E-state index < -0.39 is 5.79 Å². The molecule has 0 unspecified atom stereocenters. The molecule has 0 atom stereocenters. The molecule has 2 rings (SSSR count). The second kappa shape index (κ2) is 5.23. The van der Waals surface area contributed by atoms with Crippen molar-refractivity contribution in [3.8, 4) is 0 Å². The molecule has 0 radical (unpaired) electrons. The van der Waals surface area contributed by atoms with Crippen molar-refractivity contribution < 1.29 is 14.3 Å². The first-order chi connectivity index (χ1) is 7.85. The fourth-order valence-corrected chi connectivity index (χ4v) is 1.97. The van der Waals surface area contributed by atoms with Gasteiger partial charge >= 0.3 is 0 Å². The van der Waals surface area contributed by atoms with Crippen molar-refractivity contribution in [3.05, 3.63) is 35.9 Å². The van der Waals surface area contributed by atoms with Crippen LogP contribution in [0.3, 0.4) is 0 Å². The summed E-state index contributed by atoms with van der Waals surface area (Å²) >= 11 is 0. The van der Waals surface area contributed by atoms with E-state index in [0.29, 0.717) is 19.6 Å². The monoisotopic (exact) mass is 220 g/mol. The van der Waals surface area contributed by atoms with Gasteiger partial charge in [-0.15, -0.1) is 0 Å². The molecule has 0 aromatic heterocycles. The van der Waals surface area contributed by atoms with Crippen LogP contribution in [0, 0.1) is 0 Å². The highest BCUT2D eigenvalue weighted by molar-refractivity contribution is 5.51. The van der Waals surface area contributed by atoms with Gasteiger partial charge in [-0.3, -0.25) is 0 Å². The van der Waals surface area contributed by atoms with E-state index in [1.54, 1.807) is 0 Å². The Hall–Kier alpha value is -1.19. The lowest BCUT2D eigenvalue weighted by Gasteiger charge is -2.25. The molecule has 0 saturated carbocycles. The number of aldehydes is 1. The van der Waals surface area contributed by atoms with E-state index in [2.05, 4.69) is 12.1 Å². The van der Waals surface area contributed by atoms with Gasteiger partial charge < -0.3 is 14.3 Å². The molecule has 0 spiro atoms. The lowest BCUT2D eigenvalue weighted by atomic mass is 10.0. The van der Waals surface area contributed by atoms with E-state index in [0.717, 1.165) is 19.1 Å². The summed E-state index contributed by atoms with van der Waals surface area (Å²) < 4.78 is 11.1. The molecule has 0 bridgehead atoms. The third-order valence-electron chi connectivity index (χ3n) is 2.85. The topological polar surface area (TPSA) is 35.5 Å². The number of rotatable bonds is 5. The Labute approximate surface area is 95.4 Å². The summed E-state index contributed by atoms with van der Waals surface area (Å²) in [6.07, 6.45) is 2.79. The Balaban J connectivity index is 1.94. The van der Waals surface area contributed by atoms with E-state index in [1.807, 2.05) is 18.2 Å². The molecule has 86 valence electrons. The Morgan fingerprint density at radius 2 is 1.88 bits per heavy atom. The predicted molar refractivity (Wildman–Crippen MR) is 60.1 cm³/mol. The van der Waals surface area contributed by atoms with Crippen LogP contribution >= 0.6 is 0 Å². The first-order valence-corrected chi connectivity index (χ1v) is 5.60. The van der Waals surface area contributed by atoms with Crippen LogP contribution in [0.25, 0.3) is 0 Å². The highest BCUT2D eigenvalue weighted by Crippen LogP contribution is 2.27. The van der Waals surface area contributed by atoms with Crippen LogP contribution in [-0.2, 0) is 20.7 Å². The molecule has 1 aromatic carbocycles. The molecular weight excluding hydrogens is 204 g/mol. The number of carbonyl (C=O) groups is 1. The van der Waals surface area contributed by atoms with Crippen LogP contribution in [0.2, 0.25) is 0 Å². The second-order valence-corrected chi connectivity index (χ2v) is 3.96. The molecule has 0 aliphatic carbocycles. The third-order valence-corrected chi connectivity index (χ3v) is 2.85. The Kier molecular flexibility index (Phi) is 3.70. The highest BCUT2D eigenvalue weighted by Gasteiger charge is 2.35. The maximum Gasteiger partial charge on any atom is 0.175 e. The second-order valence-electron chi connectivity index (χ2n) is 3.96. The van der Waals surface area contributed by atoms with Gasteiger partial charge in [0.25, 0.3) is 0 Å². The van der Waals surface area contributed by atoms with Gasteiger partial charge in [0.15, 0.2) is 5.79 Å². The smallest absolute Gasteiger partial charge is 0.175 e. The third kappa shape index (κ3) is 2.68. The van der Waals surface area contributed by atoms with Gasteiger partial charge in [-0.1, -0.05) is 30.3 Å². The van der Waals surface area contributed by atoms with E-state index in [9.17, 15) is 4.79 Å². The van der Waals surface area contributed by atoms with Gasteiger partial charge in [0, 0.05) is 6.42 Å². The van der Waals surface area contributed by atoms with Gasteiger partial charge in [0.05, 0.1) is 19.6 Å². The maximum absolute atomic E-state index is 10.6. The zero-order valence-electron chi connectivity index (χ0n) is 9.22. The number of aryl methyl sites for hydroxylation is 1. The SMILES string of the molecule is O=CCC1(CCc2ccccc2)OCCO1. The van der Waals surface area contributed by atoms with E-state index in [-0.39, 0.29) is 0 Å². The quantitative estimate of drug-likeness (QED) is 0.711. The van der Waals surface area contributed by atoms with E-state index >= 15 is 0 Å². The standard InChI is InChI=1S/C13H16O3/c14-9-8-13(15-10-11-16-13)7-6-12-4-2-1-3-5-12/h1-5,9H,6-8,10-11H2. The normalized spacial score (nSPS) is 18.5. The van der Waals surface area contributed by atoms with E-state index in [1.165, 1.54) is 5.56 Å². The molecule has 1 aliphatic heterocycles. The van der Waals surface area contributed by atoms with Crippen LogP contribution in [0.5, 0.6) is 0 Å². The van der Waals surface area contributed by atoms with Crippen molar-refractivity contribution in [1.29, 1.82) is 0 Å². The minimum absolute atomic E-state index is 0.319. The van der Waals surface area contributed by atoms with Crippen LogP contribution in [0.4, 0.5) is 0 Å². The van der Waals surface area contributed by atoms with Gasteiger partial charge in [-0.25, -0.2) is 0 Å². The molecule has 1 fully saturated rings. The van der Waals surface area contributed by atoms with Gasteiger partial charge in [-0.2, -0.15) is 0 Å². The van der Waals surface area contributed by atoms with Crippen LogP contribution in [-0.4, -0.2) is 25.3 Å². The van der Waals surface area contributed by atoms with Crippen molar-refractivity contribution in [2.24, 2.45) is 0 Å². The molecule has 3 heteroatoms. The molecule has 1 aliphatic rings. The molecule has 1 heterocycles. The van der Waals surface area contributed by atoms with Crippen LogP contribution < -0.4 is 0 Å². The average molecular weight is 220 g/mol. The summed E-state index contributed by atoms with van der Waals surface area (Å²) in [6, 6.07) is 10.2. The minimum atomic E-state index is -0.669. The summed E-state index contributed by atoms with van der Waals surface area (Å²) in [7, 11) is 0. The molecule has 1 saturated heterocycles. The number of ether oxygens (including phenoxy) is 2. The molecule has 3 nitrogen and oxygen atoms in total. The Morgan fingerprint density at radius 1 is 1.19 bits per heavy atom. The zero-order valence-corrected chi connectivity index (χ0v) is 9.22. The number of carbonyl (C=O) groups excluding carboxylic acids is 1. The summed E-state index contributed by atoms with van der Waals surface area (Å²) in [4.78, 5) is 10.6.